The van der Waals surface area contributed by atoms with Crippen molar-refractivity contribution in [3.05, 3.63) is 6.33 Å². The van der Waals surface area contributed by atoms with Crippen LogP contribution in [0.3, 0.4) is 0 Å². The molecule has 0 spiro atoms. The van der Waals surface area contributed by atoms with E-state index in [0.717, 1.165) is 25.9 Å². The second-order valence-electron chi connectivity index (χ2n) is 2.38. The Morgan fingerprint density at radius 2 is 2.36 bits per heavy atom. The first-order valence-corrected chi connectivity index (χ1v) is 3.79. The number of nitrogens with zero attached hydrogens (tertiary/aromatic N) is 4. The minimum atomic E-state index is 0.911. The minimum absolute atomic E-state index is 0.911. The van der Waals surface area contributed by atoms with Gasteiger partial charge in [0.05, 0.1) is 0 Å². The van der Waals surface area contributed by atoms with Crippen molar-refractivity contribution in [3.8, 4) is 0 Å². The van der Waals surface area contributed by atoms with Gasteiger partial charge < -0.3 is 5.32 Å². The van der Waals surface area contributed by atoms with Crippen molar-refractivity contribution in [1.29, 1.82) is 0 Å². The van der Waals surface area contributed by atoms with Crippen molar-refractivity contribution in [2.24, 2.45) is 0 Å². The van der Waals surface area contributed by atoms with Gasteiger partial charge in [0.25, 0.3) is 0 Å². The van der Waals surface area contributed by atoms with Crippen molar-refractivity contribution < 1.29 is 0 Å². The van der Waals surface area contributed by atoms with E-state index in [0.29, 0.717) is 0 Å². The van der Waals surface area contributed by atoms with Crippen LogP contribution in [0.5, 0.6) is 0 Å². The van der Waals surface area contributed by atoms with Gasteiger partial charge in [0.15, 0.2) is 0 Å². The zero-order valence-corrected chi connectivity index (χ0v) is 6.69. The lowest BCUT2D eigenvalue weighted by Gasteiger charge is -1.98. The van der Waals surface area contributed by atoms with Crippen LogP contribution in [-0.2, 0) is 6.54 Å². The van der Waals surface area contributed by atoms with Crippen molar-refractivity contribution in [3.63, 3.8) is 0 Å². The number of rotatable bonds is 5. The molecule has 0 aromatic carbocycles. The van der Waals surface area contributed by atoms with E-state index in [1.807, 2.05) is 7.05 Å². The third-order valence-electron chi connectivity index (χ3n) is 1.46. The van der Waals surface area contributed by atoms with E-state index in [9.17, 15) is 0 Å². The first kappa shape index (κ1) is 8.13. The molecule has 0 fully saturated rings. The van der Waals surface area contributed by atoms with Crippen molar-refractivity contribution in [2.45, 2.75) is 19.4 Å². The van der Waals surface area contributed by atoms with Gasteiger partial charge in [-0.1, -0.05) is 0 Å². The molecular formula is C6H13N5. The number of hydrogen-bond donors (Lipinski definition) is 1. The predicted octanol–water partition coefficient (Wildman–Crippen LogP) is -0.327. The summed E-state index contributed by atoms with van der Waals surface area (Å²) >= 11 is 0. The highest BCUT2D eigenvalue weighted by Gasteiger charge is 1.90. The molecule has 0 aliphatic carbocycles. The Morgan fingerprint density at radius 1 is 1.45 bits per heavy atom. The summed E-state index contributed by atoms with van der Waals surface area (Å²) in [5, 5.41) is 13.9. The molecule has 5 nitrogen and oxygen atoms in total. The van der Waals surface area contributed by atoms with Crippen LogP contribution < -0.4 is 5.32 Å². The van der Waals surface area contributed by atoms with Crippen LogP contribution in [0.25, 0.3) is 0 Å². The van der Waals surface area contributed by atoms with E-state index in [-0.39, 0.29) is 0 Å². The van der Waals surface area contributed by atoms with E-state index < -0.39 is 0 Å². The molecule has 62 valence electrons. The van der Waals surface area contributed by atoms with E-state index in [1.54, 1.807) is 11.0 Å². The molecule has 0 bridgehead atoms. The summed E-state index contributed by atoms with van der Waals surface area (Å²) in [6.45, 7) is 1.97. The van der Waals surface area contributed by atoms with Gasteiger partial charge in [0.2, 0.25) is 0 Å². The van der Waals surface area contributed by atoms with Crippen LogP contribution in [-0.4, -0.2) is 33.8 Å². The molecule has 5 heteroatoms. The molecule has 0 unspecified atom stereocenters. The Morgan fingerprint density at radius 3 is 3.00 bits per heavy atom. The number of nitrogens with one attached hydrogen (secondary N) is 1. The average molecular weight is 155 g/mol. The summed E-state index contributed by atoms with van der Waals surface area (Å²) < 4.78 is 1.75. The number of aryl methyl sites for hydroxylation is 1. The summed E-state index contributed by atoms with van der Waals surface area (Å²) in [6.07, 6.45) is 3.92. The molecule has 0 aliphatic heterocycles. The molecule has 1 aromatic rings. The maximum atomic E-state index is 3.75. The normalized spacial score (nSPS) is 10.3. The molecule has 1 heterocycles. The van der Waals surface area contributed by atoms with Crippen molar-refractivity contribution >= 4 is 0 Å². The Bertz CT molecular complexity index is 171. The lowest BCUT2D eigenvalue weighted by Crippen LogP contribution is -2.09. The van der Waals surface area contributed by atoms with Crippen LogP contribution in [0, 0.1) is 0 Å². The third kappa shape index (κ3) is 3.08. The highest BCUT2D eigenvalue weighted by atomic mass is 15.5. The largest absolute Gasteiger partial charge is 0.320 e. The molecule has 0 saturated carbocycles. The number of tetrazole rings is 1. The fourth-order valence-corrected chi connectivity index (χ4v) is 0.858. The van der Waals surface area contributed by atoms with Gasteiger partial charge in [0, 0.05) is 6.54 Å². The van der Waals surface area contributed by atoms with Gasteiger partial charge in [-0.25, -0.2) is 4.68 Å². The van der Waals surface area contributed by atoms with Crippen LogP contribution in [0.2, 0.25) is 0 Å². The molecule has 0 radical (unpaired) electrons. The summed E-state index contributed by atoms with van der Waals surface area (Å²) in [7, 11) is 1.96. The standard InChI is InChI=1S/C6H13N5/c1-7-4-2-3-5-11-6-8-9-10-11/h6-7H,2-5H2,1H3. The van der Waals surface area contributed by atoms with Gasteiger partial charge in [-0.2, -0.15) is 0 Å². The number of aromatic nitrogens is 4. The molecule has 1 N–H and O–H groups in total. The van der Waals surface area contributed by atoms with Gasteiger partial charge in [-0.15, -0.1) is 5.10 Å². The molecule has 1 rings (SSSR count). The summed E-state index contributed by atoms with van der Waals surface area (Å²) in [6, 6.07) is 0. The zero-order valence-electron chi connectivity index (χ0n) is 6.69. The quantitative estimate of drug-likeness (QED) is 0.592. The molecule has 11 heavy (non-hydrogen) atoms. The van der Waals surface area contributed by atoms with E-state index >= 15 is 0 Å². The van der Waals surface area contributed by atoms with E-state index in [4.69, 9.17) is 0 Å². The van der Waals surface area contributed by atoms with Crippen molar-refractivity contribution in [1.82, 2.24) is 25.5 Å². The van der Waals surface area contributed by atoms with Crippen LogP contribution in [0.15, 0.2) is 6.33 Å². The fourth-order valence-electron chi connectivity index (χ4n) is 0.858. The third-order valence-corrected chi connectivity index (χ3v) is 1.46. The molecule has 0 amide bonds. The highest BCUT2D eigenvalue weighted by Crippen LogP contribution is 1.89. The first-order chi connectivity index (χ1) is 5.43. The Balaban J connectivity index is 2.04. The smallest absolute Gasteiger partial charge is 0.138 e. The maximum Gasteiger partial charge on any atom is 0.138 e. The monoisotopic (exact) mass is 155 g/mol. The Kier molecular flexibility index (Phi) is 3.54. The van der Waals surface area contributed by atoms with Gasteiger partial charge in [0.1, 0.15) is 6.33 Å². The minimum Gasteiger partial charge on any atom is -0.320 e. The van der Waals surface area contributed by atoms with E-state index in [2.05, 4.69) is 20.8 Å². The lowest BCUT2D eigenvalue weighted by atomic mass is 10.3. The maximum absolute atomic E-state index is 3.75. The van der Waals surface area contributed by atoms with Crippen LogP contribution >= 0.6 is 0 Å². The first-order valence-electron chi connectivity index (χ1n) is 3.79. The van der Waals surface area contributed by atoms with Crippen LogP contribution in [0.1, 0.15) is 12.8 Å². The number of unbranched alkanes of at least 4 members (excludes halogenated alkanes) is 1. The second kappa shape index (κ2) is 4.79. The summed E-state index contributed by atoms with van der Waals surface area (Å²) in [5.41, 5.74) is 0. The topological polar surface area (TPSA) is 55.6 Å². The molecule has 0 aliphatic rings. The SMILES string of the molecule is CNCCCCn1cnnn1. The lowest BCUT2D eigenvalue weighted by molar-refractivity contribution is 0.533. The highest BCUT2D eigenvalue weighted by molar-refractivity contribution is 4.48. The van der Waals surface area contributed by atoms with Crippen LogP contribution in [0.4, 0.5) is 0 Å². The van der Waals surface area contributed by atoms with Crippen molar-refractivity contribution in [2.75, 3.05) is 13.6 Å². The van der Waals surface area contributed by atoms with Gasteiger partial charge >= 0.3 is 0 Å². The molecular weight excluding hydrogens is 142 g/mol. The second-order valence-corrected chi connectivity index (χ2v) is 2.38. The summed E-state index contributed by atoms with van der Waals surface area (Å²) in [5.74, 6) is 0. The molecule has 0 atom stereocenters. The van der Waals surface area contributed by atoms with Gasteiger partial charge in [-0.3, -0.25) is 0 Å². The molecule has 0 saturated heterocycles. The Hall–Kier alpha value is -0.970. The van der Waals surface area contributed by atoms with E-state index in [1.165, 1.54) is 0 Å². The summed E-state index contributed by atoms with van der Waals surface area (Å²) in [4.78, 5) is 0. The average Bonchev–Trinajstić information content (AvgIpc) is 2.50. The number of hydrogen-bond acceptors (Lipinski definition) is 4. The zero-order chi connectivity index (χ0) is 7.94. The van der Waals surface area contributed by atoms with Gasteiger partial charge in [-0.05, 0) is 36.9 Å². The molecule has 1 aromatic heterocycles. The fraction of sp³-hybridized carbons (Fsp3) is 0.833. The Labute approximate surface area is 65.8 Å². The predicted molar refractivity (Wildman–Crippen MR) is 41.0 cm³/mol.